The van der Waals surface area contributed by atoms with Crippen molar-refractivity contribution in [1.29, 1.82) is 0 Å². The zero-order chi connectivity index (χ0) is 22.2. The van der Waals surface area contributed by atoms with Gasteiger partial charge < -0.3 is 10.2 Å². The number of fused-ring (bicyclic) bond motifs is 1. The molecule has 0 aromatic heterocycles. The Hall–Kier alpha value is -2.34. The fourth-order valence-electron chi connectivity index (χ4n) is 4.90. The highest BCUT2D eigenvalue weighted by molar-refractivity contribution is 6.99. The van der Waals surface area contributed by atoms with E-state index in [0.29, 0.717) is 24.0 Å². The summed E-state index contributed by atoms with van der Waals surface area (Å²) in [6.45, 7) is 6.57. The van der Waals surface area contributed by atoms with Gasteiger partial charge in [0.15, 0.2) is 0 Å². The first-order chi connectivity index (χ1) is 14.7. The van der Waals surface area contributed by atoms with Crippen LogP contribution in [-0.2, 0) is 4.43 Å². The average Bonchev–Trinajstić information content (AvgIpc) is 2.74. The largest absolute Gasteiger partial charge is 0.400 e. The van der Waals surface area contributed by atoms with E-state index in [4.69, 9.17) is 10.2 Å². The van der Waals surface area contributed by atoms with Crippen molar-refractivity contribution in [2.45, 2.75) is 50.8 Å². The molecule has 0 aliphatic heterocycles. The maximum absolute atomic E-state index is 15.1. The maximum Gasteiger partial charge on any atom is 0.261 e. The van der Waals surface area contributed by atoms with Crippen LogP contribution in [-0.4, -0.2) is 8.32 Å². The molecule has 2 N–H and O–H groups in total. The Bertz CT molecular complexity index is 1010. The number of benzene rings is 3. The summed E-state index contributed by atoms with van der Waals surface area (Å²) in [5.74, 6) is -1.18. The van der Waals surface area contributed by atoms with Gasteiger partial charge in [0, 0.05) is 17.7 Å². The summed E-state index contributed by atoms with van der Waals surface area (Å²) in [6, 6.07) is 22.4. The summed E-state index contributed by atoms with van der Waals surface area (Å²) in [5.41, 5.74) is 7.17. The summed E-state index contributed by atoms with van der Waals surface area (Å²) in [5, 5.41) is 2.03. The van der Waals surface area contributed by atoms with Crippen molar-refractivity contribution < 1.29 is 13.2 Å². The van der Waals surface area contributed by atoms with Crippen LogP contribution in [0.4, 0.5) is 8.78 Å². The van der Waals surface area contributed by atoms with Gasteiger partial charge in [0.05, 0.1) is 6.10 Å². The van der Waals surface area contributed by atoms with Gasteiger partial charge in [0.2, 0.25) is 0 Å². The number of rotatable bonds is 4. The summed E-state index contributed by atoms with van der Waals surface area (Å²) >= 11 is 0. The van der Waals surface area contributed by atoms with Crippen molar-refractivity contribution in [3.05, 3.63) is 95.6 Å². The highest BCUT2D eigenvalue weighted by Gasteiger charge is 2.52. The zero-order valence-electron chi connectivity index (χ0n) is 18.2. The predicted octanol–water partition coefficient (Wildman–Crippen LogP) is 5.38. The first-order valence-electron chi connectivity index (χ1n) is 10.8. The van der Waals surface area contributed by atoms with E-state index in [-0.39, 0.29) is 11.1 Å². The highest BCUT2D eigenvalue weighted by Crippen LogP contribution is 2.45. The second kappa shape index (κ2) is 8.30. The SMILES string of the molecule is CC(C)(C)[Si](O[C@H]1CC[C@@H](N)c2cc(F)cc(F)c21)(c1ccccc1)c1ccccc1. The molecule has 0 saturated carbocycles. The Morgan fingerprint density at radius 1 is 0.871 bits per heavy atom. The Balaban J connectivity index is 1.93. The molecular formula is C26H29F2NOSi. The van der Waals surface area contributed by atoms with Gasteiger partial charge in [-0.1, -0.05) is 81.4 Å². The molecule has 1 aliphatic rings. The molecule has 2 atom stereocenters. The monoisotopic (exact) mass is 437 g/mol. The fraction of sp³-hybridized carbons (Fsp3) is 0.308. The smallest absolute Gasteiger partial charge is 0.261 e. The lowest BCUT2D eigenvalue weighted by atomic mass is 9.86. The van der Waals surface area contributed by atoms with Crippen molar-refractivity contribution in [2.24, 2.45) is 5.73 Å². The molecule has 2 nitrogen and oxygen atoms in total. The second-order valence-corrected chi connectivity index (χ2v) is 13.6. The van der Waals surface area contributed by atoms with Crippen LogP contribution < -0.4 is 16.1 Å². The molecule has 4 rings (SSSR count). The lowest BCUT2D eigenvalue weighted by molar-refractivity contribution is 0.158. The molecule has 5 heteroatoms. The summed E-state index contributed by atoms with van der Waals surface area (Å²) < 4.78 is 36.2. The van der Waals surface area contributed by atoms with Gasteiger partial charge in [-0.15, -0.1) is 0 Å². The van der Waals surface area contributed by atoms with Crippen LogP contribution in [0.5, 0.6) is 0 Å². The molecular weight excluding hydrogens is 408 g/mol. The first-order valence-corrected chi connectivity index (χ1v) is 12.7. The third-order valence-corrected chi connectivity index (χ3v) is 11.4. The minimum absolute atomic E-state index is 0.230. The molecule has 0 radical (unpaired) electrons. The summed E-state index contributed by atoms with van der Waals surface area (Å²) in [7, 11) is -2.86. The van der Waals surface area contributed by atoms with E-state index in [1.807, 2.05) is 36.4 Å². The van der Waals surface area contributed by atoms with Gasteiger partial charge in [-0.3, -0.25) is 0 Å². The molecule has 0 heterocycles. The van der Waals surface area contributed by atoms with Crippen molar-refractivity contribution >= 4 is 18.7 Å². The van der Waals surface area contributed by atoms with Gasteiger partial charge in [0.25, 0.3) is 8.32 Å². The van der Waals surface area contributed by atoms with E-state index in [2.05, 4.69) is 45.0 Å². The molecule has 0 bridgehead atoms. The molecule has 0 unspecified atom stereocenters. The average molecular weight is 438 g/mol. The van der Waals surface area contributed by atoms with Crippen LogP contribution in [0.2, 0.25) is 5.04 Å². The van der Waals surface area contributed by atoms with Crippen molar-refractivity contribution in [3.63, 3.8) is 0 Å². The molecule has 1 aliphatic carbocycles. The van der Waals surface area contributed by atoms with Crippen LogP contribution in [0.3, 0.4) is 0 Å². The standard InChI is InChI=1S/C26H29F2NOSi/c1-26(2,3)31(19-10-6-4-7-11-19,20-12-8-5-9-13-20)30-24-15-14-23(29)21-16-18(27)17-22(28)25(21)24/h4-13,16-17,23-24H,14-15,29H2,1-3H3/t23-,24+/m1/s1. The van der Waals surface area contributed by atoms with Gasteiger partial charge >= 0.3 is 0 Å². The van der Waals surface area contributed by atoms with E-state index in [0.717, 1.165) is 16.4 Å². The fourth-order valence-corrected chi connectivity index (χ4v) is 9.58. The normalized spacial score (nSPS) is 19.2. The molecule has 162 valence electrons. The van der Waals surface area contributed by atoms with Gasteiger partial charge in [-0.05, 0) is 39.9 Å². The van der Waals surface area contributed by atoms with E-state index in [1.165, 1.54) is 6.07 Å². The second-order valence-electron chi connectivity index (χ2n) is 9.34. The minimum Gasteiger partial charge on any atom is -0.400 e. The Morgan fingerprint density at radius 3 is 1.94 bits per heavy atom. The number of hydrogen-bond acceptors (Lipinski definition) is 2. The lowest BCUT2D eigenvalue weighted by Gasteiger charge is -2.46. The number of halogens is 2. The maximum atomic E-state index is 15.1. The number of hydrogen-bond donors (Lipinski definition) is 1. The van der Waals surface area contributed by atoms with Crippen LogP contribution >= 0.6 is 0 Å². The van der Waals surface area contributed by atoms with Crippen LogP contribution in [0.15, 0.2) is 72.8 Å². The Labute approximate surface area is 184 Å². The van der Waals surface area contributed by atoms with Crippen LogP contribution in [0.25, 0.3) is 0 Å². The van der Waals surface area contributed by atoms with Gasteiger partial charge in [-0.25, -0.2) is 8.78 Å². The first kappa shape index (κ1) is 21.9. The van der Waals surface area contributed by atoms with Crippen molar-refractivity contribution in [2.75, 3.05) is 0 Å². The quantitative estimate of drug-likeness (QED) is 0.557. The summed E-state index contributed by atoms with van der Waals surface area (Å²) in [6.07, 6.45) is 0.738. The van der Waals surface area contributed by atoms with Crippen LogP contribution in [0, 0.1) is 11.6 Å². The lowest BCUT2D eigenvalue weighted by Crippen LogP contribution is -2.67. The molecule has 0 spiro atoms. The van der Waals surface area contributed by atoms with Gasteiger partial charge in [-0.2, -0.15) is 0 Å². The third kappa shape index (κ3) is 3.86. The van der Waals surface area contributed by atoms with E-state index in [1.54, 1.807) is 0 Å². The molecule has 3 aromatic rings. The molecule has 3 aromatic carbocycles. The topological polar surface area (TPSA) is 35.2 Å². The number of nitrogens with two attached hydrogens (primary N) is 1. The molecule has 0 fully saturated rings. The molecule has 0 saturated heterocycles. The van der Waals surface area contributed by atoms with Crippen molar-refractivity contribution in [3.8, 4) is 0 Å². The summed E-state index contributed by atoms with van der Waals surface area (Å²) in [4.78, 5) is 0. The van der Waals surface area contributed by atoms with E-state index < -0.39 is 26.1 Å². The van der Waals surface area contributed by atoms with E-state index >= 15 is 4.39 Å². The van der Waals surface area contributed by atoms with Crippen molar-refractivity contribution in [1.82, 2.24) is 0 Å². The Morgan fingerprint density at radius 2 is 1.42 bits per heavy atom. The zero-order valence-corrected chi connectivity index (χ0v) is 19.2. The highest BCUT2D eigenvalue weighted by atomic mass is 28.4. The van der Waals surface area contributed by atoms with Crippen LogP contribution in [0.1, 0.15) is 56.9 Å². The van der Waals surface area contributed by atoms with Gasteiger partial charge in [0.1, 0.15) is 11.6 Å². The minimum atomic E-state index is -2.86. The molecule has 31 heavy (non-hydrogen) atoms. The molecule has 0 amide bonds. The Kier molecular flexibility index (Phi) is 5.86. The van der Waals surface area contributed by atoms with E-state index in [9.17, 15) is 4.39 Å². The third-order valence-electron chi connectivity index (χ3n) is 6.32. The predicted molar refractivity (Wildman–Crippen MR) is 124 cm³/mol.